The summed E-state index contributed by atoms with van der Waals surface area (Å²) >= 11 is 4.57. The third kappa shape index (κ3) is 12.6. The van der Waals surface area contributed by atoms with Crippen molar-refractivity contribution in [2.24, 2.45) is 5.73 Å². The molecule has 0 bridgehead atoms. The Morgan fingerprint density at radius 3 is 2.07 bits per heavy atom. The molecule has 1 atom stereocenters. The number of thiol groups is 1. The topological polar surface area (TPSA) is 26.0 Å². The van der Waals surface area contributed by atoms with Crippen LogP contribution in [0.4, 0.5) is 0 Å². The van der Waals surface area contributed by atoms with Crippen molar-refractivity contribution in [2.75, 3.05) is 6.54 Å². The number of nitrogens with two attached hydrogens (primary N) is 1. The average Bonchev–Trinajstić information content (AvgIpc) is 2.13. The van der Waals surface area contributed by atoms with E-state index in [1.807, 2.05) is 0 Å². The molecule has 88 valence electrons. The number of halogens is 1. The van der Waals surface area contributed by atoms with Crippen LogP contribution in [0.5, 0.6) is 0 Å². The highest BCUT2D eigenvalue weighted by molar-refractivity contribution is 7.80. The van der Waals surface area contributed by atoms with Crippen molar-refractivity contribution in [3.63, 3.8) is 0 Å². The third-order valence-electron chi connectivity index (χ3n) is 2.38. The van der Waals surface area contributed by atoms with Crippen molar-refractivity contribution in [3.8, 4) is 0 Å². The average molecular weight is 240 g/mol. The van der Waals surface area contributed by atoms with E-state index in [1.165, 1.54) is 51.4 Å². The van der Waals surface area contributed by atoms with Gasteiger partial charge in [0, 0.05) is 5.25 Å². The second kappa shape index (κ2) is 13.6. The Hall–Kier alpha value is 0.600. The molecule has 0 fully saturated rings. The SMILES string of the molecule is CCCCCC(S)CCCCCN.Cl. The molecular formula is C11H26ClNS. The van der Waals surface area contributed by atoms with Crippen LogP contribution >= 0.6 is 25.0 Å². The molecule has 0 saturated carbocycles. The maximum Gasteiger partial charge on any atom is 0.00168 e. The third-order valence-corrected chi connectivity index (χ3v) is 2.90. The molecule has 0 aliphatic heterocycles. The maximum atomic E-state index is 5.42. The van der Waals surface area contributed by atoms with Crippen LogP contribution in [0, 0.1) is 0 Å². The van der Waals surface area contributed by atoms with Gasteiger partial charge < -0.3 is 5.73 Å². The maximum absolute atomic E-state index is 5.42. The molecule has 14 heavy (non-hydrogen) atoms. The van der Waals surface area contributed by atoms with E-state index in [0.29, 0.717) is 5.25 Å². The highest BCUT2D eigenvalue weighted by Gasteiger charge is 2.01. The number of hydrogen-bond donors (Lipinski definition) is 2. The first-order valence-electron chi connectivity index (χ1n) is 5.69. The number of unbranched alkanes of at least 4 members (excludes halogenated alkanes) is 4. The molecule has 0 aromatic rings. The van der Waals surface area contributed by atoms with Crippen molar-refractivity contribution < 1.29 is 0 Å². The molecule has 0 amide bonds. The van der Waals surface area contributed by atoms with Gasteiger partial charge in [-0.2, -0.15) is 12.6 Å². The van der Waals surface area contributed by atoms with E-state index in [9.17, 15) is 0 Å². The Kier molecular flexibility index (Phi) is 16.5. The van der Waals surface area contributed by atoms with Gasteiger partial charge in [0.05, 0.1) is 0 Å². The Bertz CT molecular complexity index is 101. The second-order valence-electron chi connectivity index (χ2n) is 3.79. The molecule has 0 aromatic carbocycles. The van der Waals surface area contributed by atoms with Crippen molar-refractivity contribution in [1.29, 1.82) is 0 Å². The highest BCUT2D eigenvalue weighted by atomic mass is 35.5. The van der Waals surface area contributed by atoms with Crippen molar-refractivity contribution in [2.45, 2.75) is 63.5 Å². The predicted molar refractivity (Wildman–Crippen MR) is 71.7 cm³/mol. The van der Waals surface area contributed by atoms with E-state index in [-0.39, 0.29) is 12.4 Å². The van der Waals surface area contributed by atoms with E-state index >= 15 is 0 Å². The zero-order chi connectivity index (χ0) is 9.94. The minimum atomic E-state index is 0. The largest absolute Gasteiger partial charge is 0.330 e. The Morgan fingerprint density at radius 2 is 1.57 bits per heavy atom. The normalized spacial score (nSPS) is 12.2. The zero-order valence-electron chi connectivity index (χ0n) is 9.37. The smallest absolute Gasteiger partial charge is 0.00168 e. The van der Waals surface area contributed by atoms with Gasteiger partial charge in [-0.3, -0.25) is 0 Å². The number of rotatable bonds is 9. The van der Waals surface area contributed by atoms with Gasteiger partial charge in [0.2, 0.25) is 0 Å². The Morgan fingerprint density at radius 1 is 1.00 bits per heavy atom. The lowest BCUT2D eigenvalue weighted by Crippen LogP contribution is -2.01. The Labute approximate surface area is 101 Å². The lowest BCUT2D eigenvalue weighted by Gasteiger charge is -2.09. The van der Waals surface area contributed by atoms with E-state index in [2.05, 4.69) is 19.6 Å². The summed E-state index contributed by atoms with van der Waals surface area (Å²) in [6.45, 7) is 3.09. The van der Waals surface area contributed by atoms with Crippen LogP contribution in [-0.2, 0) is 0 Å². The fraction of sp³-hybridized carbons (Fsp3) is 1.00. The van der Waals surface area contributed by atoms with Crippen LogP contribution in [0.3, 0.4) is 0 Å². The predicted octanol–water partition coefficient (Wildman–Crippen LogP) is 3.81. The first-order valence-corrected chi connectivity index (χ1v) is 6.21. The van der Waals surface area contributed by atoms with E-state index in [1.54, 1.807) is 0 Å². The first kappa shape index (κ1) is 17.0. The minimum absolute atomic E-state index is 0. The second-order valence-corrected chi connectivity index (χ2v) is 4.52. The Balaban J connectivity index is 0. The molecule has 0 aliphatic rings. The molecule has 0 saturated heterocycles. The molecule has 0 heterocycles. The zero-order valence-corrected chi connectivity index (χ0v) is 11.1. The van der Waals surface area contributed by atoms with Crippen LogP contribution in [0.1, 0.15) is 58.3 Å². The van der Waals surface area contributed by atoms with Crippen LogP contribution in [0.15, 0.2) is 0 Å². The van der Waals surface area contributed by atoms with Crippen molar-refractivity contribution in [3.05, 3.63) is 0 Å². The van der Waals surface area contributed by atoms with E-state index in [4.69, 9.17) is 5.73 Å². The molecule has 2 N–H and O–H groups in total. The van der Waals surface area contributed by atoms with E-state index < -0.39 is 0 Å². The van der Waals surface area contributed by atoms with Gasteiger partial charge in [-0.1, -0.05) is 39.0 Å². The van der Waals surface area contributed by atoms with Gasteiger partial charge >= 0.3 is 0 Å². The quantitative estimate of drug-likeness (QED) is 0.465. The summed E-state index contributed by atoms with van der Waals surface area (Å²) in [5.41, 5.74) is 5.42. The van der Waals surface area contributed by atoms with Gasteiger partial charge in [0.1, 0.15) is 0 Å². The minimum Gasteiger partial charge on any atom is -0.330 e. The molecule has 1 nitrogen and oxygen atoms in total. The number of hydrogen-bond acceptors (Lipinski definition) is 2. The van der Waals surface area contributed by atoms with Gasteiger partial charge in [0.15, 0.2) is 0 Å². The fourth-order valence-corrected chi connectivity index (χ4v) is 1.84. The summed E-state index contributed by atoms with van der Waals surface area (Å²) in [5.74, 6) is 0. The van der Waals surface area contributed by atoms with Crippen LogP contribution in [0.2, 0.25) is 0 Å². The highest BCUT2D eigenvalue weighted by Crippen LogP contribution is 2.15. The van der Waals surface area contributed by atoms with Gasteiger partial charge in [-0.15, -0.1) is 12.4 Å². The van der Waals surface area contributed by atoms with E-state index in [0.717, 1.165) is 6.54 Å². The summed E-state index contributed by atoms with van der Waals surface area (Å²) in [6.07, 6.45) is 10.3. The van der Waals surface area contributed by atoms with Crippen LogP contribution in [0.25, 0.3) is 0 Å². The molecule has 0 spiro atoms. The molecule has 0 rings (SSSR count). The monoisotopic (exact) mass is 239 g/mol. The van der Waals surface area contributed by atoms with Gasteiger partial charge in [-0.05, 0) is 25.8 Å². The van der Waals surface area contributed by atoms with Crippen LogP contribution < -0.4 is 5.73 Å². The fourth-order valence-electron chi connectivity index (χ4n) is 1.48. The van der Waals surface area contributed by atoms with Crippen molar-refractivity contribution in [1.82, 2.24) is 0 Å². The molecular weight excluding hydrogens is 214 g/mol. The summed E-state index contributed by atoms with van der Waals surface area (Å²) in [6, 6.07) is 0. The van der Waals surface area contributed by atoms with Crippen molar-refractivity contribution >= 4 is 25.0 Å². The lowest BCUT2D eigenvalue weighted by molar-refractivity contribution is 0.580. The summed E-state index contributed by atoms with van der Waals surface area (Å²) in [7, 11) is 0. The molecule has 3 heteroatoms. The standard InChI is InChI=1S/C11H25NS.ClH/c1-2-3-5-8-11(13)9-6-4-7-10-12;/h11,13H,2-10,12H2,1H3;1H. The molecule has 1 unspecified atom stereocenters. The molecule has 0 aromatic heterocycles. The summed E-state index contributed by atoms with van der Waals surface area (Å²) in [4.78, 5) is 0. The van der Waals surface area contributed by atoms with Crippen LogP contribution in [-0.4, -0.2) is 11.8 Å². The summed E-state index contributed by atoms with van der Waals surface area (Å²) in [5, 5.41) is 0.629. The molecule has 0 radical (unpaired) electrons. The lowest BCUT2D eigenvalue weighted by atomic mass is 10.1. The molecule has 0 aliphatic carbocycles. The first-order chi connectivity index (χ1) is 6.31. The van der Waals surface area contributed by atoms with Gasteiger partial charge in [-0.25, -0.2) is 0 Å². The van der Waals surface area contributed by atoms with Gasteiger partial charge in [0.25, 0.3) is 0 Å². The summed E-state index contributed by atoms with van der Waals surface area (Å²) < 4.78 is 0.